The first-order valence-corrected chi connectivity index (χ1v) is 7.85. The molecule has 0 fully saturated rings. The Hall–Kier alpha value is -2.61. The van der Waals surface area contributed by atoms with Crippen LogP contribution in [0.4, 0.5) is 0 Å². The van der Waals surface area contributed by atoms with Crippen LogP contribution < -0.4 is 14.8 Å². The lowest BCUT2D eigenvalue weighted by Gasteiger charge is -2.10. The number of carbonyl (C=O) groups is 2. The molecule has 1 amide bonds. The summed E-state index contributed by atoms with van der Waals surface area (Å²) in [5, 5.41) is 13.7. The first-order chi connectivity index (χ1) is 11.1. The molecule has 1 aromatic carbocycles. The molecule has 0 spiro atoms. The molecule has 0 aliphatic carbocycles. The molecule has 0 bridgehead atoms. The molecule has 1 aromatic heterocycles. The Morgan fingerprint density at radius 1 is 1.39 bits per heavy atom. The van der Waals surface area contributed by atoms with Crippen molar-refractivity contribution >= 4 is 23.2 Å². The molecule has 1 unspecified atom stereocenters. The predicted octanol–water partition coefficient (Wildman–Crippen LogP) is 2.13. The maximum absolute atomic E-state index is 12.1. The first kappa shape index (κ1) is 15.3. The van der Waals surface area contributed by atoms with E-state index in [1.807, 2.05) is 6.07 Å². The van der Waals surface area contributed by atoms with Gasteiger partial charge in [-0.25, -0.2) is 9.78 Å². The zero-order valence-corrected chi connectivity index (χ0v) is 13.1. The van der Waals surface area contributed by atoms with E-state index in [0.29, 0.717) is 22.9 Å². The third kappa shape index (κ3) is 3.11. The molecule has 1 atom stereocenters. The SMILES string of the molecule is CCC(NC(=O)c1csc(-c2ccc3c(c2)OCO3)n1)C(=O)O. The number of thiazole rings is 1. The number of hydrogen-bond acceptors (Lipinski definition) is 6. The van der Waals surface area contributed by atoms with Crippen LogP contribution in [0.15, 0.2) is 23.6 Å². The van der Waals surface area contributed by atoms with Gasteiger partial charge in [0.1, 0.15) is 16.7 Å². The molecule has 23 heavy (non-hydrogen) atoms. The van der Waals surface area contributed by atoms with Gasteiger partial charge in [0.15, 0.2) is 11.5 Å². The first-order valence-electron chi connectivity index (χ1n) is 6.97. The van der Waals surface area contributed by atoms with Crippen molar-refractivity contribution in [3.05, 3.63) is 29.3 Å². The van der Waals surface area contributed by atoms with E-state index in [1.165, 1.54) is 11.3 Å². The van der Waals surface area contributed by atoms with Crippen LogP contribution in [-0.4, -0.2) is 34.8 Å². The van der Waals surface area contributed by atoms with Crippen molar-refractivity contribution in [2.75, 3.05) is 6.79 Å². The van der Waals surface area contributed by atoms with E-state index in [-0.39, 0.29) is 12.5 Å². The molecule has 2 N–H and O–H groups in total. The van der Waals surface area contributed by atoms with Gasteiger partial charge < -0.3 is 19.9 Å². The summed E-state index contributed by atoms with van der Waals surface area (Å²) in [5.41, 5.74) is 1.01. The van der Waals surface area contributed by atoms with Crippen LogP contribution in [0.2, 0.25) is 0 Å². The number of aliphatic carboxylic acids is 1. The molecule has 7 nitrogen and oxygen atoms in total. The molecule has 1 aliphatic heterocycles. The zero-order chi connectivity index (χ0) is 16.4. The van der Waals surface area contributed by atoms with Gasteiger partial charge in [-0.1, -0.05) is 6.92 Å². The number of rotatable bonds is 5. The van der Waals surface area contributed by atoms with Gasteiger partial charge in [-0.2, -0.15) is 0 Å². The molecule has 3 rings (SSSR count). The van der Waals surface area contributed by atoms with Gasteiger partial charge in [0.2, 0.25) is 6.79 Å². The summed E-state index contributed by atoms with van der Waals surface area (Å²) in [6.45, 7) is 1.88. The number of nitrogens with zero attached hydrogens (tertiary/aromatic N) is 1. The zero-order valence-electron chi connectivity index (χ0n) is 12.2. The van der Waals surface area contributed by atoms with Gasteiger partial charge in [-0.05, 0) is 24.6 Å². The largest absolute Gasteiger partial charge is 0.480 e. The van der Waals surface area contributed by atoms with Gasteiger partial charge in [-0.15, -0.1) is 11.3 Å². The number of aromatic nitrogens is 1. The summed E-state index contributed by atoms with van der Waals surface area (Å²) in [4.78, 5) is 27.3. The summed E-state index contributed by atoms with van der Waals surface area (Å²) in [6, 6.07) is 4.50. The van der Waals surface area contributed by atoms with Crippen molar-refractivity contribution in [1.82, 2.24) is 10.3 Å². The molecule has 1 aliphatic rings. The fraction of sp³-hybridized carbons (Fsp3) is 0.267. The fourth-order valence-corrected chi connectivity index (χ4v) is 2.91. The second-order valence-corrected chi connectivity index (χ2v) is 5.74. The second kappa shape index (κ2) is 6.25. The average molecular weight is 334 g/mol. The van der Waals surface area contributed by atoms with E-state index in [9.17, 15) is 9.59 Å². The van der Waals surface area contributed by atoms with E-state index in [1.54, 1.807) is 24.4 Å². The highest BCUT2D eigenvalue weighted by Crippen LogP contribution is 2.36. The summed E-state index contributed by atoms with van der Waals surface area (Å²) in [5.74, 6) is -0.245. The smallest absolute Gasteiger partial charge is 0.326 e. The Morgan fingerprint density at radius 2 is 2.17 bits per heavy atom. The number of nitrogens with one attached hydrogen (secondary N) is 1. The number of carbonyl (C=O) groups excluding carboxylic acids is 1. The molecule has 0 saturated carbocycles. The Morgan fingerprint density at radius 3 is 2.91 bits per heavy atom. The molecule has 0 radical (unpaired) electrons. The lowest BCUT2D eigenvalue weighted by molar-refractivity contribution is -0.139. The van der Waals surface area contributed by atoms with Crippen molar-refractivity contribution in [1.29, 1.82) is 0 Å². The summed E-state index contributed by atoms with van der Waals surface area (Å²) >= 11 is 1.30. The fourth-order valence-electron chi connectivity index (χ4n) is 2.11. The van der Waals surface area contributed by atoms with E-state index in [2.05, 4.69) is 10.3 Å². The molecule has 8 heteroatoms. The Bertz CT molecular complexity index is 758. The maximum atomic E-state index is 12.1. The van der Waals surface area contributed by atoms with E-state index in [0.717, 1.165) is 5.56 Å². The second-order valence-electron chi connectivity index (χ2n) is 4.88. The number of amides is 1. The third-order valence-corrected chi connectivity index (χ3v) is 4.26. The summed E-state index contributed by atoms with van der Waals surface area (Å²) in [6.07, 6.45) is 0.306. The summed E-state index contributed by atoms with van der Waals surface area (Å²) < 4.78 is 10.6. The molecule has 2 aromatic rings. The number of hydrogen-bond donors (Lipinski definition) is 2. The van der Waals surface area contributed by atoms with E-state index >= 15 is 0 Å². The highest BCUT2D eigenvalue weighted by Gasteiger charge is 2.21. The van der Waals surface area contributed by atoms with E-state index in [4.69, 9.17) is 14.6 Å². The van der Waals surface area contributed by atoms with Crippen molar-refractivity contribution in [2.45, 2.75) is 19.4 Å². The van der Waals surface area contributed by atoms with Crippen molar-refractivity contribution in [2.24, 2.45) is 0 Å². The number of benzene rings is 1. The normalized spacial score (nSPS) is 13.6. The lowest BCUT2D eigenvalue weighted by atomic mass is 10.2. The molecular formula is C15H14N2O5S. The number of fused-ring (bicyclic) bond motifs is 1. The van der Waals surface area contributed by atoms with Crippen molar-refractivity contribution in [3.8, 4) is 22.1 Å². The van der Waals surface area contributed by atoms with Gasteiger partial charge >= 0.3 is 5.97 Å². The number of carboxylic acid groups (broad SMARTS) is 1. The van der Waals surface area contributed by atoms with Crippen LogP contribution in [0.25, 0.3) is 10.6 Å². The average Bonchev–Trinajstić information content (AvgIpc) is 3.19. The minimum Gasteiger partial charge on any atom is -0.480 e. The van der Waals surface area contributed by atoms with Crippen LogP contribution in [-0.2, 0) is 4.79 Å². The van der Waals surface area contributed by atoms with Crippen LogP contribution >= 0.6 is 11.3 Å². The topological polar surface area (TPSA) is 97.8 Å². The molecule has 120 valence electrons. The monoisotopic (exact) mass is 334 g/mol. The highest BCUT2D eigenvalue weighted by molar-refractivity contribution is 7.13. The Balaban J connectivity index is 1.77. The summed E-state index contributed by atoms with van der Waals surface area (Å²) in [7, 11) is 0. The third-order valence-electron chi connectivity index (χ3n) is 3.37. The van der Waals surface area contributed by atoms with Crippen molar-refractivity contribution < 1.29 is 24.2 Å². The van der Waals surface area contributed by atoms with Crippen LogP contribution in [0.5, 0.6) is 11.5 Å². The Labute approximate surface area is 135 Å². The minimum atomic E-state index is -1.06. The van der Waals surface area contributed by atoms with Gasteiger partial charge in [0.05, 0.1) is 0 Å². The molecular weight excluding hydrogens is 320 g/mol. The standard InChI is InChI=1S/C15H14N2O5S/c1-2-9(15(19)20)16-13(18)10-6-23-14(17-10)8-3-4-11-12(5-8)22-7-21-11/h3-6,9H,2,7H2,1H3,(H,16,18)(H,19,20). The lowest BCUT2D eigenvalue weighted by Crippen LogP contribution is -2.40. The van der Waals surface area contributed by atoms with Gasteiger partial charge in [0, 0.05) is 10.9 Å². The number of carboxylic acids is 1. The quantitative estimate of drug-likeness (QED) is 0.869. The highest BCUT2D eigenvalue weighted by atomic mass is 32.1. The van der Waals surface area contributed by atoms with Crippen molar-refractivity contribution in [3.63, 3.8) is 0 Å². The predicted molar refractivity (Wildman–Crippen MR) is 82.9 cm³/mol. The van der Waals surface area contributed by atoms with Crippen LogP contribution in [0.1, 0.15) is 23.8 Å². The van der Waals surface area contributed by atoms with Crippen LogP contribution in [0, 0.1) is 0 Å². The Kier molecular flexibility index (Phi) is 4.16. The maximum Gasteiger partial charge on any atom is 0.326 e. The molecule has 0 saturated heterocycles. The van der Waals surface area contributed by atoms with Gasteiger partial charge in [-0.3, -0.25) is 4.79 Å². The van der Waals surface area contributed by atoms with Crippen LogP contribution in [0.3, 0.4) is 0 Å². The number of ether oxygens (including phenoxy) is 2. The van der Waals surface area contributed by atoms with E-state index < -0.39 is 17.9 Å². The minimum absolute atomic E-state index is 0.192. The van der Waals surface area contributed by atoms with Gasteiger partial charge in [0.25, 0.3) is 5.91 Å². The molecule has 2 heterocycles.